The molecule has 0 radical (unpaired) electrons. The predicted octanol–water partition coefficient (Wildman–Crippen LogP) is 1.71. The van der Waals surface area contributed by atoms with E-state index < -0.39 is 0 Å². The van der Waals surface area contributed by atoms with Gasteiger partial charge in [0.1, 0.15) is 12.7 Å². The zero-order chi connectivity index (χ0) is 16.4. The van der Waals surface area contributed by atoms with E-state index in [1.807, 2.05) is 29.2 Å². The van der Waals surface area contributed by atoms with Crippen LogP contribution in [0.1, 0.15) is 19.3 Å². The molecule has 3 aliphatic rings. The van der Waals surface area contributed by atoms with Crippen molar-refractivity contribution in [2.45, 2.75) is 31.4 Å². The first kappa shape index (κ1) is 15.6. The highest BCUT2D eigenvalue weighted by atomic mass is 16.6. The average Bonchev–Trinajstić information content (AvgIpc) is 3.06. The van der Waals surface area contributed by atoms with Crippen molar-refractivity contribution in [3.05, 3.63) is 24.3 Å². The molecule has 2 unspecified atom stereocenters. The molecular formula is C18H25N3O3. The van der Waals surface area contributed by atoms with E-state index in [0.29, 0.717) is 12.6 Å². The lowest BCUT2D eigenvalue weighted by Crippen LogP contribution is -2.49. The molecule has 130 valence electrons. The Hall–Kier alpha value is -1.95. The van der Waals surface area contributed by atoms with Gasteiger partial charge >= 0.3 is 6.03 Å². The largest absolute Gasteiger partial charge is 0.486 e. The summed E-state index contributed by atoms with van der Waals surface area (Å²) in [5, 5.41) is 2.91. The van der Waals surface area contributed by atoms with E-state index in [1.54, 1.807) is 0 Å². The summed E-state index contributed by atoms with van der Waals surface area (Å²) in [5.74, 6) is 1.69. The maximum Gasteiger partial charge on any atom is 0.317 e. The summed E-state index contributed by atoms with van der Waals surface area (Å²) >= 11 is 0. The van der Waals surface area contributed by atoms with Crippen molar-refractivity contribution in [2.75, 3.05) is 39.3 Å². The van der Waals surface area contributed by atoms with Crippen molar-refractivity contribution in [3.8, 4) is 11.5 Å². The number of nitrogens with one attached hydrogen (secondary N) is 1. The molecule has 1 aromatic carbocycles. The quantitative estimate of drug-likeness (QED) is 0.912. The van der Waals surface area contributed by atoms with Crippen LogP contribution in [-0.2, 0) is 0 Å². The Morgan fingerprint density at radius 2 is 2.08 bits per heavy atom. The monoisotopic (exact) mass is 331 g/mol. The third-order valence-corrected chi connectivity index (χ3v) is 5.15. The molecule has 0 spiro atoms. The van der Waals surface area contributed by atoms with Crippen LogP contribution in [0.2, 0.25) is 0 Å². The summed E-state index contributed by atoms with van der Waals surface area (Å²) in [7, 11) is 0. The normalized spacial score (nSPS) is 27.2. The Morgan fingerprint density at radius 1 is 1.21 bits per heavy atom. The second kappa shape index (κ2) is 6.89. The third kappa shape index (κ3) is 3.29. The molecule has 2 saturated heterocycles. The lowest BCUT2D eigenvalue weighted by Gasteiger charge is -2.37. The van der Waals surface area contributed by atoms with Crippen LogP contribution in [0.5, 0.6) is 11.5 Å². The highest BCUT2D eigenvalue weighted by Crippen LogP contribution is 2.31. The van der Waals surface area contributed by atoms with Gasteiger partial charge in [-0.25, -0.2) is 4.79 Å². The molecule has 0 aliphatic carbocycles. The Kier molecular flexibility index (Phi) is 4.47. The standard InChI is InChI=1S/C18H25N3O3/c22-18-19-8-11-21(18)14-4-3-9-20(12-14)10-7-15-13-23-16-5-1-2-6-17(16)24-15/h1-2,5-6,14-15H,3-4,7-13H2,(H,19,22). The minimum Gasteiger partial charge on any atom is -0.486 e. The molecule has 6 nitrogen and oxygen atoms in total. The van der Waals surface area contributed by atoms with Gasteiger partial charge in [0.2, 0.25) is 0 Å². The van der Waals surface area contributed by atoms with Crippen molar-refractivity contribution in [1.29, 1.82) is 0 Å². The molecule has 4 rings (SSSR count). The van der Waals surface area contributed by atoms with Crippen LogP contribution in [0.25, 0.3) is 0 Å². The maximum atomic E-state index is 11.9. The van der Waals surface area contributed by atoms with Gasteiger partial charge in [-0.05, 0) is 31.5 Å². The van der Waals surface area contributed by atoms with Crippen LogP contribution in [0, 0.1) is 0 Å². The zero-order valence-electron chi connectivity index (χ0n) is 13.9. The van der Waals surface area contributed by atoms with E-state index in [4.69, 9.17) is 9.47 Å². The fourth-order valence-electron chi connectivity index (χ4n) is 3.86. The number of carbonyl (C=O) groups excluding carboxylic acids is 1. The van der Waals surface area contributed by atoms with Crippen LogP contribution in [0.3, 0.4) is 0 Å². The van der Waals surface area contributed by atoms with Crippen LogP contribution >= 0.6 is 0 Å². The molecule has 0 saturated carbocycles. The third-order valence-electron chi connectivity index (χ3n) is 5.15. The van der Waals surface area contributed by atoms with Gasteiger partial charge in [-0.15, -0.1) is 0 Å². The van der Waals surface area contributed by atoms with Gasteiger partial charge in [0.15, 0.2) is 11.5 Å². The number of hydrogen-bond acceptors (Lipinski definition) is 4. The van der Waals surface area contributed by atoms with Crippen molar-refractivity contribution >= 4 is 6.03 Å². The lowest BCUT2D eigenvalue weighted by molar-refractivity contribution is 0.0650. The molecule has 2 fully saturated rings. The second-order valence-corrected chi connectivity index (χ2v) is 6.81. The molecular weight excluding hydrogens is 306 g/mol. The van der Waals surface area contributed by atoms with E-state index >= 15 is 0 Å². The van der Waals surface area contributed by atoms with Crippen LogP contribution < -0.4 is 14.8 Å². The fourth-order valence-corrected chi connectivity index (χ4v) is 3.86. The highest BCUT2D eigenvalue weighted by Gasteiger charge is 2.31. The molecule has 24 heavy (non-hydrogen) atoms. The first-order valence-corrected chi connectivity index (χ1v) is 8.95. The number of benzene rings is 1. The lowest BCUT2D eigenvalue weighted by atomic mass is 10.0. The predicted molar refractivity (Wildman–Crippen MR) is 90.5 cm³/mol. The number of para-hydroxylation sites is 2. The number of fused-ring (bicyclic) bond motifs is 1. The number of carbonyl (C=O) groups is 1. The number of rotatable bonds is 4. The molecule has 2 amide bonds. The second-order valence-electron chi connectivity index (χ2n) is 6.81. The van der Waals surface area contributed by atoms with Crippen molar-refractivity contribution in [2.24, 2.45) is 0 Å². The van der Waals surface area contributed by atoms with E-state index in [2.05, 4.69) is 10.2 Å². The summed E-state index contributed by atoms with van der Waals surface area (Å²) in [4.78, 5) is 16.3. The number of nitrogens with zero attached hydrogens (tertiary/aromatic N) is 2. The summed E-state index contributed by atoms with van der Waals surface area (Å²) < 4.78 is 11.8. The Morgan fingerprint density at radius 3 is 2.92 bits per heavy atom. The number of likely N-dealkylation sites (tertiary alicyclic amines) is 1. The molecule has 2 atom stereocenters. The zero-order valence-corrected chi connectivity index (χ0v) is 13.9. The van der Waals surface area contributed by atoms with Crippen LogP contribution in [0.15, 0.2) is 24.3 Å². The average molecular weight is 331 g/mol. The maximum absolute atomic E-state index is 11.9. The van der Waals surface area contributed by atoms with Gasteiger partial charge in [0, 0.05) is 38.6 Å². The Labute approximate surface area is 142 Å². The molecule has 0 aromatic heterocycles. The van der Waals surface area contributed by atoms with Crippen molar-refractivity contribution in [1.82, 2.24) is 15.1 Å². The van der Waals surface area contributed by atoms with Gasteiger partial charge in [0.25, 0.3) is 0 Å². The Bertz CT molecular complexity index is 595. The molecule has 6 heteroatoms. The van der Waals surface area contributed by atoms with E-state index in [1.165, 1.54) is 0 Å². The SMILES string of the molecule is O=C1NCCN1C1CCCN(CCC2COc3ccccc3O2)C1. The summed E-state index contributed by atoms with van der Waals surface area (Å²) in [6, 6.07) is 8.30. The smallest absolute Gasteiger partial charge is 0.317 e. The summed E-state index contributed by atoms with van der Waals surface area (Å²) in [6.07, 6.45) is 3.32. The first-order chi connectivity index (χ1) is 11.8. The number of ether oxygens (including phenoxy) is 2. The number of hydrogen-bond donors (Lipinski definition) is 1. The summed E-state index contributed by atoms with van der Waals surface area (Å²) in [6.45, 7) is 5.30. The summed E-state index contributed by atoms with van der Waals surface area (Å²) in [5.41, 5.74) is 0. The van der Waals surface area contributed by atoms with Gasteiger partial charge in [-0.1, -0.05) is 12.1 Å². The Balaban J connectivity index is 1.28. The van der Waals surface area contributed by atoms with Gasteiger partial charge in [0.05, 0.1) is 0 Å². The van der Waals surface area contributed by atoms with Gasteiger partial charge in [-0.3, -0.25) is 0 Å². The first-order valence-electron chi connectivity index (χ1n) is 8.95. The van der Waals surface area contributed by atoms with E-state index in [0.717, 1.165) is 63.5 Å². The number of amides is 2. The molecule has 1 aromatic rings. The number of piperidine rings is 1. The molecule has 3 aliphatic heterocycles. The van der Waals surface area contributed by atoms with Gasteiger partial charge in [-0.2, -0.15) is 0 Å². The fraction of sp³-hybridized carbons (Fsp3) is 0.611. The minimum absolute atomic E-state index is 0.0995. The van der Waals surface area contributed by atoms with Crippen LogP contribution in [-0.4, -0.2) is 67.3 Å². The van der Waals surface area contributed by atoms with E-state index in [9.17, 15) is 4.79 Å². The van der Waals surface area contributed by atoms with Crippen molar-refractivity contribution in [3.63, 3.8) is 0 Å². The molecule has 0 bridgehead atoms. The van der Waals surface area contributed by atoms with Crippen molar-refractivity contribution < 1.29 is 14.3 Å². The topological polar surface area (TPSA) is 54.0 Å². The minimum atomic E-state index is 0.0995. The van der Waals surface area contributed by atoms with E-state index in [-0.39, 0.29) is 12.1 Å². The number of urea groups is 1. The highest BCUT2D eigenvalue weighted by molar-refractivity contribution is 5.76. The molecule has 1 N–H and O–H groups in total. The van der Waals surface area contributed by atoms with Crippen LogP contribution in [0.4, 0.5) is 4.79 Å². The molecule has 3 heterocycles. The van der Waals surface area contributed by atoms with Gasteiger partial charge < -0.3 is 24.6 Å².